The lowest BCUT2D eigenvalue weighted by atomic mass is 10.0. The Morgan fingerprint density at radius 2 is 2.23 bits per heavy atom. The molecule has 66 valence electrons. The molecule has 0 bridgehead atoms. The van der Waals surface area contributed by atoms with Gasteiger partial charge in [-0.25, -0.2) is 4.39 Å². The summed E-state index contributed by atoms with van der Waals surface area (Å²) >= 11 is 3.05. The minimum Gasteiger partial charge on any atom is -0.205 e. The van der Waals surface area contributed by atoms with Crippen LogP contribution in [-0.4, -0.2) is 0 Å². The average Bonchev–Trinajstić information content (AvgIpc) is 2.12. The van der Waals surface area contributed by atoms with E-state index in [4.69, 9.17) is 5.26 Å². The van der Waals surface area contributed by atoms with Gasteiger partial charge in [0.25, 0.3) is 0 Å². The Morgan fingerprint density at radius 1 is 1.62 bits per heavy atom. The maximum Gasteiger partial charge on any atom is 0.146 e. The summed E-state index contributed by atoms with van der Waals surface area (Å²) in [5, 5.41) is 8.60. The predicted molar refractivity (Wildman–Crippen MR) is 53.5 cm³/mol. The average molecular weight is 240 g/mol. The van der Waals surface area contributed by atoms with Gasteiger partial charge < -0.3 is 0 Å². The maximum atomic E-state index is 13.4. The van der Waals surface area contributed by atoms with Crippen molar-refractivity contribution < 1.29 is 4.39 Å². The molecule has 1 nitrogen and oxygen atoms in total. The second-order valence-corrected chi connectivity index (χ2v) is 3.50. The van der Waals surface area contributed by atoms with Crippen LogP contribution in [0, 0.1) is 24.1 Å². The quantitative estimate of drug-likeness (QED) is 0.690. The number of allylic oxidation sites excluding steroid dienone is 1. The van der Waals surface area contributed by atoms with Gasteiger partial charge in [-0.15, -0.1) is 0 Å². The molecule has 0 saturated heterocycles. The zero-order valence-corrected chi connectivity index (χ0v) is 8.65. The highest BCUT2D eigenvalue weighted by molar-refractivity contribution is 9.10. The lowest BCUT2D eigenvalue weighted by Crippen LogP contribution is -1.92. The molecule has 1 aromatic rings. The van der Waals surface area contributed by atoms with Crippen LogP contribution < -0.4 is 0 Å². The standard InChI is InChI=1S/C10H7BrFN/c1-6-3-4-8(11)10(12)9(6)7(2)5-13/h3-4H,2H2,1H3. The second-order valence-electron chi connectivity index (χ2n) is 2.64. The Bertz CT molecular complexity index is 404. The molecule has 0 N–H and O–H groups in total. The molecule has 0 heterocycles. The fraction of sp³-hybridized carbons (Fsp3) is 0.100. The van der Waals surface area contributed by atoms with Gasteiger partial charge >= 0.3 is 0 Å². The molecule has 0 fully saturated rings. The number of benzene rings is 1. The highest BCUT2D eigenvalue weighted by atomic mass is 79.9. The minimum absolute atomic E-state index is 0.149. The highest BCUT2D eigenvalue weighted by Crippen LogP contribution is 2.26. The second kappa shape index (κ2) is 3.71. The molecule has 0 aliphatic heterocycles. The van der Waals surface area contributed by atoms with E-state index >= 15 is 0 Å². The molecule has 0 atom stereocenters. The van der Waals surface area contributed by atoms with E-state index in [0.29, 0.717) is 10.0 Å². The van der Waals surface area contributed by atoms with Gasteiger partial charge in [-0.3, -0.25) is 0 Å². The number of nitriles is 1. The van der Waals surface area contributed by atoms with Crippen LogP contribution in [0.15, 0.2) is 23.2 Å². The molecule has 0 aliphatic rings. The highest BCUT2D eigenvalue weighted by Gasteiger charge is 2.11. The van der Waals surface area contributed by atoms with Gasteiger partial charge in [0.1, 0.15) is 5.82 Å². The van der Waals surface area contributed by atoms with Crippen LogP contribution in [0.2, 0.25) is 0 Å². The largest absolute Gasteiger partial charge is 0.205 e. The lowest BCUT2D eigenvalue weighted by Gasteiger charge is -2.05. The molecule has 1 aromatic carbocycles. The Labute approximate surface area is 84.6 Å². The number of aryl methyl sites for hydroxylation is 1. The number of hydrogen-bond acceptors (Lipinski definition) is 1. The fourth-order valence-corrected chi connectivity index (χ4v) is 1.40. The van der Waals surface area contributed by atoms with Crippen molar-refractivity contribution in [2.75, 3.05) is 0 Å². The van der Waals surface area contributed by atoms with Crippen molar-refractivity contribution in [3.05, 3.63) is 40.1 Å². The first kappa shape index (κ1) is 9.94. The van der Waals surface area contributed by atoms with E-state index in [0.717, 1.165) is 0 Å². The molecule has 0 radical (unpaired) electrons. The van der Waals surface area contributed by atoms with Gasteiger partial charge in [0, 0.05) is 5.56 Å². The Morgan fingerprint density at radius 3 is 2.77 bits per heavy atom. The Hall–Kier alpha value is -1.14. The van der Waals surface area contributed by atoms with Crippen molar-refractivity contribution in [3.8, 4) is 6.07 Å². The zero-order chi connectivity index (χ0) is 10.0. The first-order chi connectivity index (χ1) is 6.07. The number of hydrogen-bond donors (Lipinski definition) is 0. The summed E-state index contributed by atoms with van der Waals surface area (Å²) in [6.07, 6.45) is 0. The van der Waals surface area contributed by atoms with Crippen LogP contribution in [0.25, 0.3) is 5.57 Å². The minimum atomic E-state index is -0.424. The summed E-state index contributed by atoms with van der Waals surface area (Å²) in [7, 11) is 0. The first-order valence-electron chi connectivity index (χ1n) is 3.62. The molecular formula is C10H7BrFN. The van der Waals surface area contributed by atoms with Crippen LogP contribution in [0.5, 0.6) is 0 Å². The van der Waals surface area contributed by atoms with Gasteiger partial charge in [-0.2, -0.15) is 5.26 Å². The number of rotatable bonds is 1. The molecule has 13 heavy (non-hydrogen) atoms. The molecule has 1 rings (SSSR count). The summed E-state index contributed by atoms with van der Waals surface area (Å²) in [4.78, 5) is 0. The van der Waals surface area contributed by atoms with Gasteiger partial charge in [0.15, 0.2) is 0 Å². The van der Waals surface area contributed by atoms with E-state index in [-0.39, 0.29) is 11.1 Å². The first-order valence-corrected chi connectivity index (χ1v) is 4.41. The van der Waals surface area contributed by atoms with Crippen molar-refractivity contribution in [3.63, 3.8) is 0 Å². The van der Waals surface area contributed by atoms with Crippen LogP contribution in [-0.2, 0) is 0 Å². The molecule has 0 spiro atoms. The summed E-state index contributed by atoms with van der Waals surface area (Å²) in [6.45, 7) is 5.23. The summed E-state index contributed by atoms with van der Waals surface area (Å²) in [6, 6.07) is 5.19. The van der Waals surface area contributed by atoms with E-state index in [9.17, 15) is 4.39 Å². The Kier molecular flexibility index (Phi) is 2.84. The van der Waals surface area contributed by atoms with E-state index in [2.05, 4.69) is 22.5 Å². The summed E-state index contributed by atoms with van der Waals surface area (Å²) < 4.78 is 13.8. The van der Waals surface area contributed by atoms with E-state index < -0.39 is 5.82 Å². The topological polar surface area (TPSA) is 23.8 Å². The van der Waals surface area contributed by atoms with Crippen LogP contribution in [0.1, 0.15) is 11.1 Å². The fourth-order valence-electron chi connectivity index (χ4n) is 1.07. The van der Waals surface area contributed by atoms with Gasteiger partial charge in [0.2, 0.25) is 0 Å². The van der Waals surface area contributed by atoms with Crippen molar-refractivity contribution in [1.29, 1.82) is 5.26 Å². The van der Waals surface area contributed by atoms with Crippen LogP contribution in [0.3, 0.4) is 0 Å². The predicted octanol–water partition coefficient (Wildman–Crippen LogP) is 3.43. The van der Waals surface area contributed by atoms with Crippen molar-refractivity contribution in [2.24, 2.45) is 0 Å². The van der Waals surface area contributed by atoms with Crippen molar-refractivity contribution in [1.82, 2.24) is 0 Å². The third-order valence-corrected chi connectivity index (χ3v) is 2.35. The molecule has 0 unspecified atom stereocenters. The number of halogens is 2. The van der Waals surface area contributed by atoms with Gasteiger partial charge in [0.05, 0.1) is 16.1 Å². The lowest BCUT2D eigenvalue weighted by molar-refractivity contribution is 0.616. The third kappa shape index (κ3) is 1.78. The van der Waals surface area contributed by atoms with Crippen molar-refractivity contribution in [2.45, 2.75) is 6.92 Å². The molecule has 0 aliphatic carbocycles. The smallest absolute Gasteiger partial charge is 0.146 e. The number of nitrogens with zero attached hydrogens (tertiary/aromatic N) is 1. The monoisotopic (exact) mass is 239 g/mol. The van der Waals surface area contributed by atoms with Gasteiger partial charge in [-0.05, 0) is 34.5 Å². The van der Waals surface area contributed by atoms with E-state index in [1.165, 1.54) is 0 Å². The normalized spacial score (nSPS) is 9.38. The van der Waals surface area contributed by atoms with Crippen molar-refractivity contribution >= 4 is 21.5 Å². The summed E-state index contributed by atoms with van der Waals surface area (Å²) in [5.74, 6) is -0.424. The maximum absolute atomic E-state index is 13.4. The van der Waals surface area contributed by atoms with Crippen LogP contribution >= 0.6 is 15.9 Å². The van der Waals surface area contributed by atoms with E-state index in [1.54, 1.807) is 19.1 Å². The van der Waals surface area contributed by atoms with E-state index in [1.807, 2.05) is 6.07 Å². The van der Waals surface area contributed by atoms with Gasteiger partial charge in [-0.1, -0.05) is 12.6 Å². The molecule has 3 heteroatoms. The molecule has 0 saturated carbocycles. The Balaban J connectivity index is 3.44. The third-order valence-electron chi connectivity index (χ3n) is 1.74. The molecular weight excluding hydrogens is 233 g/mol. The summed E-state index contributed by atoms with van der Waals surface area (Å²) in [5.41, 5.74) is 1.15. The SMILES string of the molecule is C=C(C#N)c1c(C)ccc(Br)c1F. The van der Waals surface area contributed by atoms with Crippen LogP contribution in [0.4, 0.5) is 4.39 Å². The zero-order valence-electron chi connectivity index (χ0n) is 7.06. The molecule has 0 aromatic heterocycles. The molecule has 0 amide bonds.